The Balaban J connectivity index is 1.83. The second kappa shape index (κ2) is 6.42. The van der Waals surface area contributed by atoms with Gasteiger partial charge < -0.3 is 14.6 Å². The second-order valence-electron chi connectivity index (χ2n) is 7.22. The number of hydrogen-bond acceptors (Lipinski definition) is 7. The van der Waals surface area contributed by atoms with Crippen LogP contribution in [0, 0.1) is 0 Å². The minimum atomic E-state index is -0.633. The highest BCUT2D eigenvalue weighted by atomic mass is 16.6. The summed E-state index contributed by atoms with van der Waals surface area (Å²) in [5.74, 6) is 0.829. The van der Waals surface area contributed by atoms with E-state index in [0.29, 0.717) is 11.7 Å². The third kappa shape index (κ3) is 3.62. The molecule has 2 heterocycles. The number of rotatable bonds is 4. The highest BCUT2D eigenvalue weighted by Gasteiger charge is 2.45. The summed E-state index contributed by atoms with van der Waals surface area (Å²) in [6.07, 6.45) is 5.89. The van der Waals surface area contributed by atoms with Crippen LogP contribution in [0.4, 0.5) is 4.79 Å². The van der Waals surface area contributed by atoms with Crippen LogP contribution in [0.5, 0.6) is 0 Å². The minimum Gasteiger partial charge on any atom is -0.444 e. The zero-order valence-electron chi connectivity index (χ0n) is 15.0. The summed E-state index contributed by atoms with van der Waals surface area (Å²) in [5.41, 5.74) is 0.365. The maximum atomic E-state index is 12.2. The van der Waals surface area contributed by atoms with Gasteiger partial charge in [0.2, 0.25) is 0 Å². The van der Waals surface area contributed by atoms with Crippen molar-refractivity contribution in [3.8, 4) is 11.5 Å². The lowest BCUT2D eigenvalue weighted by Crippen LogP contribution is -2.52. The topological polar surface area (TPSA) is 103 Å². The number of nitrogens with zero attached hydrogens (tertiary/aromatic N) is 4. The Labute approximate surface area is 146 Å². The summed E-state index contributed by atoms with van der Waals surface area (Å²) in [7, 11) is 0. The van der Waals surface area contributed by atoms with Crippen LogP contribution in [-0.4, -0.2) is 31.8 Å². The molecule has 0 aromatic carbocycles. The van der Waals surface area contributed by atoms with Crippen molar-refractivity contribution in [1.29, 1.82) is 0 Å². The smallest absolute Gasteiger partial charge is 0.408 e. The van der Waals surface area contributed by atoms with E-state index < -0.39 is 17.2 Å². The lowest BCUT2D eigenvalue weighted by molar-refractivity contribution is 0.0362. The SMILES string of the molecule is CCc1ncncc1-c1nc(C2(NC(=O)OC(C)(C)C)CCC2)no1. The van der Waals surface area contributed by atoms with Crippen molar-refractivity contribution >= 4 is 6.09 Å². The average Bonchev–Trinajstić information content (AvgIpc) is 2.99. The molecule has 1 N–H and O–H groups in total. The normalized spacial score (nSPS) is 16.2. The van der Waals surface area contributed by atoms with Gasteiger partial charge in [-0.25, -0.2) is 14.8 Å². The summed E-state index contributed by atoms with van der Waals surface area (Å²) >= 11 is 0. The van der Waals surface area contributed by atoms with E-state index in [1.54, 1.807) is 6.20 Å². The van der Waals surface area contributed by atoms with Crippen LogP contribution >= 0.6 is 0 Å². The zero-order valence-corrected chi connectivity index (χ0v) is 15.0. The van der Waals surface area contributed by atoms with Gasteiger partial charge in [-0.05, 0) is 46.5 Å². The number of carbonyl (C=O) groups is 1. The molecule has 1 fully saturated rings. The Hall–Kier alpha value is -2.51. The van der Waals surface area contributed by atoms with E-state index in [2.05, 4.69) is 25.4 Å². The van der Waals surface area contributed by atoms with Gasteiger partial charge >= 0.3 is 6.09 Å². The Morgan fingerprint density at radius 2 is 2.16 bits per heavy atom. The molecule has 8 nitrogen and oxygen atoms in total. The van der Waals surface area contributed by atoms with Gasteiger partial charge in [0.1, 0.15) is 17.5 Å². The molecule has 0 aliphatic heterocycles. The molecule has 134 valence electrons. The standard InChI is InChI=1S/C17H23N5O3/c1-5-12-11(9-18-10-19-12)13-20-14(22-25-13)17(7-6-8-17)21-15(23)24-16(2,3)4/h9-10H,5-8H2,1-4H3,(H,21,23). The molecule has 1 amide bonds. The molecule has 0 radical (unpaired) electrons. The number of aryl methyl sites for hydroxylation is 1. The largest absolute Gasteiger partial charge is 0.444 e. The van der Waals surface area contributed by atoms with Gasteiger partial charge in [0.15, 0.2) is 5.82 Å². The first-order valence-electron chi connectivity index (χ1n) is 8.47. The molecule has 0 unspecified atom stereocenters. The van der Waals surface area contributed by atoms with E-state index in [4.69, 9.17) is 9.26 Å². The van der Waals surface area contributed by atoms with E-state index in [1.807, 2.05) is 27.7 Å². The molecular formula is C17H23N5O3. The fourth-order valence-electron chi connectivity index (χ4n) is 2.78. The number of carbonyl (C=O) groups excluding carboxylic acids is 1. The number of ether oxygens (including phenoxy) is 1. The zero-order chi connectivity index (χ0) is 18.1. The van der Waals surface area contributed by atoms with Crippen LogP contribution in [0.2, 0.25) is 0 Å². The van der Waals surface area contributed by atoms with Crippen LogP contribution in [0.3, 0.4) is 0 Å². The van der Waals surface area contributed by atoms with Gasteiger partial charge in [0.25, 0.3) is 5.89 Å². The third-order valence-electron chi connectivity index (χ3n) is 4.16. The highest BCUT2D eigenvalue weighted by molar-refractivity contribution is 5.69. The molecule has 0 saturated heterocycles. The van der Waals surface area contributed by atoms with Crippen molar-refractivity contribution in [2.24, 2.45) is 0 Å². The van der Waals surface area contributed by atoms with Gasteiger partial charge in [0, 0.05) is 6.20 Å². The van der Waals surface area contributed by atoms with Crippen LogP contribution < -0.4 is 5.32 Å². The fraction of sp³-hybridized carbons (Fsp3) is 0.588. The Morgan fingerprint density at radius 1 is 1.40 bits per heavy atom. The lowest BCUT2D eigenvalue weighted by atomic mass is 9.76. The van der Waals surface area contributed by atoms with E-state index in [1.165, 1.54) is 6.33 Å². The summed E-state index contributed by atoms with van der Waals surface area (Å²) in [4.78, 5) is 25.0. The van der Waals surface area contributed by atoms with Crippen molar-refractivity contribution in [2.45, 2.75) is 64.5 Å². The Morgan fingerprint density at radius 3 is 2.76 bits per heavy atom. The van der Waals surface area contributed by atoms with Gasteiger partial charge in [-0.3, -0.25) is 0 Å². The molecule has 0 bridgehead atoms. The molecule has 1 aliphatic rings. The Bertz CT molecular complexity index is 762. The van der Waals surface area contributed by atoms with Crippen LogP contribution in [0.25, 0.3) is 11.5 Å². The van der Waals surface area contributed by atoms with E-state index in [9.17, 15) is 4.79 Å². The first-order valence-corrected chi connectivity index (χ1v) is 8.47. The van der Waals surface area contributed by atoms with Crippen molar-refractivity contribution in [1.82, 2.24) is 25.4 Å². The molecule has 0 atom stereocenters. The average molecular weight is 345 g/mol. The summed E-state index contributed by atoms with van der Waals surface area (Å²) in [6.45, 7) is 7.48. The monoisotopic (exact) mass is 345 g/mol. The maximum Gasteiger partial charge on any atom is 0.408 e. The molecule has 1 aliphatic carbocycles. The number of nitrogens with one attached hydrogen (secondary N) is 1. The lowest BCUT2D eigenvalue weighted by Gasteiger charge is -2.39. The minimum absolute atomic E-state index is 0.365. The van der Waals surface area contributed by atoms with Crippen LogP contribution in [0.15, 0.2) is 17.0 Å². The molecule has 1 saturated carbocycles. The third-order valence-corrected chi connectivity index (χ3v) is 4.16. The molecule has 2 aromatic rings. The second-order valence-corrected chi connectivity index (χ2v) is 7.22. The number of amides is 1. The molecule has 3 rings (SSSR count). The summed E-state index contributed by atoms with van der Waals surface area (Å²) < 4.78 is 10.8. The first kappa shape index (κ1) is 17.3. The van der Waals surface area contributed by atoms with E-state index in [0.717, 1.165) is 36.9 Å². The van der Waals surface area contributed by atoms with Crippen molar-refractivity contribution in [3.63, 3.8) is 0 Å². The summed E-state index contributed by atoms with van der Waals surface area (Å²) in [6, 6.07) is 0. The molecule has 0 spiro atoms. The number of aromatic nitrogens is 4. The molecule has 2 aromatic heterocycles. The molecule has 25 heavy (non-hydrogen) atoms. The van der Waals surface area contributed by atoms with E-state index in [-0.39, 0.29) is 0 Å². The van der Waals surface area contributed by atoms with Gasteiger partial charge in [0.05, 0.1) is 11.3 Å². The predicted octanol–water partition coefficient (Wildman–Crippen LogP) is 2.99. The number of alkyl carbamates (subject to hydrolysis) is 1. The fourth-order valence-corrected chi connectivity index (χ4v) is 2.78. The van der Waals surface area contributed by atoms with E-state index >= 15 is 0 Å². The Kier molecular flexibility index (Phi) is 4.45. The van der Waals surface area contributed by atoms with Crippen molar-refractivity contribution < 1.29 is 14.1 Å². The van der Waals surface area contributed by atoms with Gasteiger partial charge in [-0.2, -0.15) is 4.98 Å². The van der Waals surface area contributed by atoms with Gasteiger partial charge in [-0.15, -0.1) is 0 Å². The van der Waals surface area contributed by atoms with Crippen molar-refractivity contribution in [3.05, 3.63) is 24.0 Å². The predicted molar refractivity (Wildman–Crippen MR) is 89.6 cm³/mol. The molecule has 8 heteroatoms. The van der Waals surface area contributed by atoms with Crippen molar-refractivity contribution in [2.75, 3.05) is 0 Å². The van der Waals surface area contributed by atoms with Crippen LogP contribution in [0.1, 0.15) is 58.5 Å². The maximum absolute atomic E-state index is 12.2. The molecular weight excluding hydrogens is 322 g/mol. The van der Waals surface area contributed by atoms with Crippen LogP contribution in [-0.2, 0) is 16.7 Å². The highest BCUT2D eigenvalue weighted by Crippen LogP contribution is 2.40. The quantitative estimate of drug-likeness (QED) is 0.908. The first-order chi connectivity index (χ1) is 11.8. The number of hydrogen-bond donors (Lipinski definition) is 1. The van der Waals surface area contributed by atoms with Gasteiger partial charge in [-0.1, -0.05) is 12.1 Å². The summed E-state index contributed by atoms with van der Waals surface area (Å²) in [5, 5.41) is 7.02.